The Morgan fingerprint density at radius 2 is 1.96 bits per heavy atom. The number of thiazole rings is 1. The van der Waals surface area contributed by atoms with Gasteiger partial charge in [-0.15, -0.1) is 11.3 Å². The number of aliphatic hydroxyl groups excluding tert-OH is 1. The van der Waals surface area contributed by atoms with E-state index in [9.17, 15) is 5.11 Å². The largest absolute Gasteiger partial charge is 0.396 e. The molecule has 28 heavy (non-hydrogen) atoms. The van der Waals surface area contributed by atoms with Gasteiger partial charge in [0.1, 0.15) is 0 Å². The number of hydrogen-bond donors (Lipinski definition) is 1. The monoisotopic (exact) mass is 401 g/mol. The fraction of sp³-hybridized carbons (Fsp3) is 0.591. The Morgan fingerprint density at radius 1 is 1.14 bits per heavy atom. The first-order valence-corrected chi connectivity index (χ1v) is 11.2. The molecule has 2 saturated heterocycles. The lowest BCUT2D eigenvalue weighted by molar-refractivity contribution is 0.0228. The zero-order valence-electron chi connectivity index (χ0n) is 16.6. The zero-order chi connectivity index (χ0) is 19.2. The van der Waals surface area contributed by atoms with Crippen molar-refractivity contribution in [1.29, 1.82) is 0 Å². The van der Waals surface area contributed by atoms with Gasteiger partial charge in [0.15, 0.2) is 5.13 Å². The van der Waals surface area contributed by atoms with Crippen molar-refractivity contribution >= 4 is 16.5 Å². The number of morpholine rings is 1. The molecule has 0 amide bonds. The van der Waals surface area contributed by atoms with E-state index in [0.717, 1.165) is 76.8 Å². The molecule has 4 rings (SSSR count). The lowest BCUT2D eigenvalue weighted by Gasteiger charge is -2.42. The Kier molecular flexibility index (Phi) is 6.62. The number of benzene rings is 1. The summed E-state index contributed by atoms with van der Waals surface area (Å²) in [5.41, 5.74) is 1.39. The maximum atomic E-state index is 10.2. The van der Waals surface area contributed by atoms with Crippen LogP contribution in [0.4, 0.5) is 5.13 Å². The molecule has 3 heterocycles. The molecule has 2 aromatic rings. The molecular weight excluding hydrogens is 370 g/mol. The highest BCUT2D eigenvalue weighted by Gasteiger charge is 2.34. The molecule has 0 saturated carbocycles. The third-order valence-corrected chi connectivity index (χ3v) is 7.11. The second kappa shape index (κ2) is 9.35. The number of aryl methyl sites for hydroxylation is 1. The van der Waals surface area contributed by atoms with Gasteiger partial charge in [0.05, 0.1) is 13.2 Å². The molecule has 2 aliphatic rings. The van der Waals surface area contributed by atoms with Crippen molar-refractivity contribution in [2.45, 2.75) is 32.2 Å². The third-order valence-electron chi connectivity index (χ3n) is 6.07. The SMILES string of the molecule is OCC1(CCc2ccccc2)CCCN(Cc2cnc(N3CCOCC3)s2)C1. The first-order chi connectivity index (χ1) is 13.8. The first kappa shape index (κ1) is 19.8. The summed E-state index contributed by atoms with van der Waals surface area (Å²) < 4.78 is 5.44. The molecule has 0 bridgehead atoms. The zero-order valence-corrected chi connectivity index (χ0v) is 17.4. The number of rotatable bonds is 7. The summed E-state index contributed by atoms with van der Waals surface area (Å²) in [4.78, 5) is 10.8. The third kappa shape index (κ3) is 4.92. The molecule has 6 heteroatoms. The smallest absolute Gasteiger partial charge is 0.185 e. The predicted octanol–water partition coefficient (Wildman–Crippen LogP) is 3.19. The number of nitrogens with zero attached hydrogens (tertiary/aromatic N) is 3. The van der Waals surface area contributed by atoms with Crippen LogP contribution in [-0.4, -0.2) is 61.0 Å². The van der Waals surface area contributed by atoms with Gasteiger partial charge in [-0.3, -0.25) is 4.90 Å². The van der Waals surface area contributed by atoms with E-state index < -0.39 is 0 Å². The summed E-state index contributed by atoms with van der Waals surface area (Å²) in [5.74, 6) is 0. The molecule has 2 fully saturated rings. The van der Waals surface area contributed by atoms with Gasteiger partial charge in [-0.25, -0.2) is 4.98 Å². The number of aliphatic hydroxyl groups is 1. The molecule has 1 atom stereocenters. The second-order valence-electron chi connectivity index (χ2n) is 8.17. The Morgan fingerprint density at radius 3 is 2.75 bits per heavy atom. The van der Waals surface area contributed by atoms with Crippen LogP contribution in [-0.2, 0) is 17.7 Å². The van der Waals surface area contributed by atoms with Crippen LogP contribution in [0.3, 0.4) is 0 Å². The van der Waals surface area contributed by atoms with Crippen LogP contribution in [0.5, 0.6) is 0 Å². The summed E-state index contributed by atoms with van der Waals surface area (Å²) in [7, 11) is 0. The highest BCUT2D eigenvalue weighted by atomic mass is 32.1. The molecule has 0 radical (unpaired) electrons. The Labute approximate surface area is 172 Å². The molecule has 1 unspecified atom stereocenters. The fourth-order valence-corrected chi connectivity index (χ4v) is 5.41. The average molecular weight is 402 g/mol. The minimum Gasteiger partial charge on any atom is -0.396 e. The lowest BCUT2D eigenvalue weighted by Crippen LogP contribution is -2.45. The van der Waals surface area contributed by atoms with Gasteiger partial charge in [0.25, 0.3) is 0 Å². The molecule has 1 aromatic heterocycles. The topological polar surface area (TPSA) is 48.8 Å². The number of ether oxygens (including phenoxy) is 1. The van der Waals surface area contributed by atoms with Crippen LogP contribution in [0, 0.1) is 5.41 Å². The van der Waals surface area contributed by atoms with E-state index in [0.29, 0.717) is 0 Å². The molecule has 152 valence electrons. The minimum absolute atomic E-state index is 0.0197. The summed E-state index contributed by atoms with van der Waals surface area (Å²) >= 11 is 1.81. The predicted molar refractivity (Wildman–Crippen MR) is 114 cm³/mol. The van der Waals surface area contributed by atoms with Crippen LogP contribution < -0.4 is 4.90 Å². The van der Waals surface area contributed by atoms with Crippen LogP contribution in [0.2, 0.25) is 0 Å². The second-order valence-corrected chi connectivity index (χ2v) is 9.26. The van der Waals surface area contributed by atoms with E-state index in [2.05, 4.69) is 45.1 Å². The fourth-order valence-electron chi connectivity index (χ4n) is 4.40. The first-order valence-electron chi connectivity index (χ1n) is 10.4. The summed E-state index contributed by atoms with van der Waals surface area (Å²) in [6.45, 7) is 6.75. The maximum absolute atomic E-state index is 10.2. The quantitative estimate of drug-likeness (QED) is 0.772. The minimum atomic E-state index is 0.0197. The highest BCUT2D eigenvalue weighted by Crippen LogP contribution is 2.35. The van der Waals surface area contributed by atoms with Crippen molar-refractivity contribution in [2.24, 2.45) is 5.41 Å². The molecule has 0 aliphatic carbocycles. The molecule has 0 spiro atoms. The molecular formula is C22H31N3O2S. The van der Waals surface area contributed by atoms with Gasteiger partial charge in [-0.1, -0.05) is 30.3 Å². The number of hydrogen-bond acceptors (Lipinski definition) is 6. The number of aromatic nitrogens is 1. The molecule has 1 aromatic carbocycles. The van der Waals surface area contributed by atoms with Gasteiger partial charge >= 0.3 is 0 Å². The highest BCUT2D eigenvalue weighted by molar-refractivity contribution is 7.15. The Balaban J connectivity index is 1.35. The molecule has 5 nitrogen and oxygen atoms in total. The summed E-state index contributed by atoms with van der Waals surface area (Å²) in [6, 6.07) is 10.6. The maximum Gasteiger partial charge on any atom is 0.185 e. The van der Waals surface area contributed by atoms with Gasteiger partial charge in [0.2, 0.25) is 0 Å². The molecule has 2 aliphatic heterocycles. The van der Waals surface area contributed by atoms with Crippen LogP contribution in [0.25, 0.3) is 0 Å². The van der Waals surface area contributed by atoms with Crippen molar-refractivity contribution in [3.05, 3.63) is 47.0 Å². The van der Waals surface area contributed by atoms with E-state index in [1.165, 1.54) is 10.4 Å². The van der Waals surface area contributed by atoms with Crippen molar-refractivity contribution in [1.82, 2.24) is 9.88 Å². The standard InChI is InChI=1S/C22H31N3O2S/c26-18-22(9-7-19-5-2-1-3-6-19)8-4-10-24(17-22)16-20-15-23-21(28-20)25-11-13-27-14-12-25/h1-3,5-6,15,26H,4,7-14,16-18H2. The summed E-state index contributed by atoms with van der Waals surface area (Å²) in [6.07, 6.45) is 6.40. The normalized spacial score (nSPS) is 23.8. The number of piperidine rings is 1. The van der Waals surface area contributed by atoms with Crippen molar-refractivity contribution in [3.8, 4) is 0 Å². The summed E-state index contributed by atoms with van der Waals surface area (Å²) in [5, 5.41) is 11.3. The van der Waals surface area contributed by atoms with Gasteiger partial charge < -0.3 is 14.7 Å². The molecule has 1 N–H and O–H groups in total. The van der Waals surface area contributed by atoms with E-state index in [-0.39, 0.29) is 12.0 Å². The number of likely N-dealkylation sites (tertiary alicyclic amines) is 1. The van der Waals surface area contributed by atoms with Gasteiger partial charge in [0, 0.05) is 49.3 Å². The Bertz CT molecular complexity index is 732. The van der Waals surface area contributed by atoms with Crippen molar-refractivity contribution in [2.75, 3.05) is 50.9 Å². The van der Waals surface area contributed by atoms with E-state index >= 15 is 0 Å². The lowest BCUT2D eigenvalue weighted by atomic mass is 9.76. The van der Waals surface area contributed by atoms with Crippen molar-refractivity contribution < 1.29 is 9.84 Å². The van der Waals surface area contributed by atoms with E-state index in [1.54, 1.807) is 11.3 Å². The Hall–Kier alpha value is -1.47. The number of anilines is 1. The van der Waals surface area contributed by atoms with Crippen LogP contribution in [0.15, 0.2) is 36.5 Å². The van der Waals surface area contributed by atoms with Gasteiger partial charge in [-0.2, -0.15) is 0 Å². The van der Waals surface area contributed by atoms with E-state index in [1.807, 2.05) is 6.20 Å². The van der Waals surface area contributed by atoms with Crippen LogP contribution >= 0.6 is 11.3 Å². The van der Waals surface area contributed by atoms with E-state index in [4.69, 9.17) is 4.74 Å². The van der Waals surface area contributed by atoms with Gasteiger partial charge in [-0.05, 0) is 37.8 Å². The van der Waals surface area contributed by atoms with Crippen molar-refractivity contribution in [3.63, 3.8) is 0 Å². The average Bonchev–Trinajstić information content (AvgIpc) is 3.22. The van der Waals surface area contributed by atoms with Crippen LogP contribution in [0.1, 0.15) is 29.7 Å².